The molecule has 6 bridgehead atoms. The van der Waals surface area contributed by atoms with Crippen molar-refractivity contribution in [3.8, 4) is 5.75 Å². The highest BCUT2D eigenvalue weighted by atomic mass is 16.7. The number of hydrogen-bond donors (Lipinski definition) is 0. The van der Waals surface area contributed by atoms with E-state index in [2.05, 4.69) is 12.1 Å². The van der Waals surface area contributed by atoms with Crippen LogP contribution < -0.4 is 4.74 Å². The monoisotopic (exact) mass is 569 g/mol. The predicted molar refractivity (Wildman–Crippen MR) is 158 cm³/mol. The lowest BCUT2D eigenvalue weighted by Crippen LogP contribution is -2.62. The summed E-state index contributed by atoms with van der Waals surface area (Å²) in [6.45, 7) is 1.02. The molecule has 1 heterocycles. The van der Waals surface area contributed by atoms with Crippen LogP contribution in [0, 0.1) is 29.1 Å². The quantitative estimate of drug-likeness (QED) is 0.272. The summed E-state index contributed by atoms with van der Waals surface area (Å²) in [7, 11) is 0. The van der Waals surface area contributed by atoms with Crippen LogP contribution in [0.5, 0.6) is 5.75 Å². The molecule has 0 N–H and O–H groups in total. The Bertz CT molecular complexity index is 1320. The van der Waals surface area contributed by atoms with Crippen molar-refractivity contribution in [2.75, 3.05) is 13.3 Å². The van der Waals surface area contributed by atoms with E-state index in [4.69, 9.17) is 14.2 Å². The highest BCUT2D eigenvalue weighted by Crippen LogP contribution is 2.60. The van der Waals surface area contributed by atoms with E-state index in [1.54, 1.807) is 0 Å². The fraction of sp³-hybridized carbons (Fsp3) is 0.611. The number of benzene rings is 2. The molecule has 2 aromatic rings. The van der Waals surface area contributed by atoms with Gasteiger partial charge >= 0.3 is 12.1 Å². The maximum Gasteiger partial charge on any atom is 0.410 e. The minimum Gasteiger partial charge on any atom is -0.457 e. The first kappa shape index (κ1) is 26.6. The zero-order chi connectivity index (χ0) is 28.3. The van der Waals surface area contributed by atoms with E-state index < -0.39 is 0 Å². The first-order chi connectivity index (χ1) is 20.5. The Balaban J connectivity index is 0.957. The lowest BCUT2D eigenvalue weighted by Gasteiger charge is -2.58. The zero-order valence-electron chi connectivity index (χ0n) is 24.6. The van der Waals surface area contributed by atoms with Gasteiger partial charge in [-0.1, -0.05) is 49.2 Å². The van der Waals surface area contributed by atoms with Gasteiger partial charge in [-0.15, -0.1) is 0 Å². The molecule has 222 valence electrons. The summed E-state index contributed by atoms with van der Waals surface area (Å²) in [5, 5.41) is 0. The summed E-state index contributed by atoms with van der Waals surface area (Å²) < 4.78 is 17.8. The van der Waals surface area contributed by atoms with E-state index in [9.17, 15) is 9.59 Å². The second-order valence-corrected chi connectivity index (χ2v) is 14.5. The zero-order valence-corrected chi connectivity index (χ0v) is 24.6. The third-order valence-electron chi connectivity index (χ3n) is 12.1. The minimum absolute atomic E-state index is 0.0144. The summed E-state index contributed by atoms with van der Waals surface area (Å²) in [5.74, 6) is 3.34. The van der Waals surface area contributed by atoms with E-state index in [0.717, 1.165) is 62.8 Å². The van der Waals surface area contributed by atoms with Gasteiger partial charge in [-0.3, -0.25) is 4.79 Å². The average molecular weight is 570 g/mol. The number of hydrogen-bond acceptors (Lipinski definition) is 5. The molecule has 6 fully saturated rings. The highest BCUT2D eigenvalue weighted by molar-refractivity contribution is 5.77. The van der Waals surface area contributed by atoms with Gasteiger partial charge in [-0.05, 0) is 117 Å². The topological polar surface area (TPSA) is 65.1 Å². The number of carbonyl (C=O) groups excluding carboxylic acids is 2. The minimum atomic E-state index is -0.256. The number of fused-ring (bicyclic) bond motifs is 1. The number of carbonyl (C=O) groups is 2. The van der Waals surface area contributed by atoms with Gasteiger partial charge in [0.15, 0.2) is 0 Å². The summed E-state index contributed by atoms with van der Waals surface area (Å²) in [5.41, 5.74) is 3.54. The lowest BCUT2D eigenvalue weighted by atomic mass is 9.49. The van der Waals surface area contributed by atoms with E-state index in [1.807, 2.05) is 41.3 Å². The maximum atomic E-state index is 13.3. The first-order valence-corrected chi connectivity index (χ1v) is 16.4. The fourth-order valence-corrected chi connectivity index (χ4v) is 10.8. The molecule has 1 saturated heterocycles. The number of esters is 1. The third-order valence-corrected chi connectivity index (χ3v) is 12.1. The molecule has 1 aliphatic heterocycles. The van der Waals surface area contributed by atoms with Crippen LogP contribution in [0.15, 0.2) is 48.5 Å². The Morgan fingerprint density at radius 1 is 0.881 bits per heavy atom. The number of likely N-dealkylation sites (tertiary alicyclic amines) is 1. The highest BCUT2D eigenvalue weighted by Gasteiger charge is 2.56. The molecule has 7 aliphatic rings. The largest absolute Gasteiger partial charge is 0.457 e. The molecule has 3 atom stereocenters. The van der Waals surface area contributed by atoms with Crippen LogP contribution in [0.1, 0.15) is 87.3 Å². The summed E-state index contributed by atoms with van der Waals surface area (Å²) in [4.78, 5) is 28.7. The Labute approximate surface area is 249 Å². The molecule has 5 saturated carbocycles. The van der Waals surface area contributed by atoms with Gasteiger partial charge in [0.2, 0.25) is 6.79 Å². The third kappa shape index (κ3) is 4.43. The van der Waals surface area contributed by atoms with Crippen LogP contribution in [0.3, 0.4) is 0 Å². The smallest absolute Gasteiger partial charge is 0.410 e. The molecule has 6 heteroatoms. The molecule has 6 aliphatic carbocycles. The molecular weight excluding hydrogens is 526 g/mol. The summed E-state index contributed by atoms with van der Waals surface area (Å²) in [6.07, 6.45) is 13.3. The van der Waals surface area contributed by atoms with Gasteiger partial charge in [0.1, 0.15) is 12.4 Å². The number of amides is 1. The molecule has 0 unspecified atom stereocenters. The number of ether oxygens (including phenoxy) is 3. The molecule has 0 spiro atoms. The SMILES string of the molecule is O=C(OCc1ccccc1)N1CC[C@]23CCCC[C@@H]2[C@@H]1Cc1ccc(OCOC(=O)C24CC5CC(CC(C5)C2)C4)cc13. The van der Waals surface area contributed by atoms with Gasteiger partial charge in [0.25, 0.3) is 0 Å². The Kier molecular flexibility index (Phi) is 6.53. The van der Waals surface area contributed by atoms with Gasteiger partial charge in [-0.2, -0.15) is 0 Å². The molecule has 0 radical (unpaired) electrons. The van der Waals surface area contributed by atoms with Gasteiger partial charge < -0.3 is 19.1 Å². The van der Waals surface area contributed by atoms with Crippen LogP contribution in [0.2, 0.25) is 0 Å². The number of piperidine rings is 1. The van der Waals surface area contributed by atoms with Crippen LogP contribution in [0.4, 0.5) is 4.79 Å². The Morgan fingerprint density at radius 3 is 2.40 bits per heavy atom. The van der Waals surface area contributed by atoms with Crippen LogP contribution in [0.25, 0.3) is 0 Å². The van der Waals surface area contributed by atoms with Gasteiger partial charge in [-0.25, -0.2) is 4.79 Å². The second kappa shape index (κ2) is 10.3. The Hall–Kier alpha value is -3.02. The molecule has 0 aromatic heterocycles. The Morgan fingerprint density at radius 2 is 1.64 bits per heavy atom. The van der Waals surface area contributed by atoms with Crippen molar-refractivity contribution in [3.05, 3.63) is 65.2 Å². The van der Waals surface area contributed by atoms with Crippen molar-refractivity contribution in [1.82, 2.24) is 4.90 Å². The lowest BCUT2D eigenvalue weighted by molar-refractivity contribution is -0.177. The number of rotatable bonds is 6. The molecule has 42 heavy (non-hydrogen) atoms. The van der Waals surface area contributed by atoms with Crippen molar-refractivity contribution < 1.29 is 23.8 Å². The molecule has 6 nitrogen and oxygen atoms in total. The van der Waals surface area contributed by atoms with Gasteiger partial charge in [0.05, 0.1) is 5.41 Å². The van der Waals surface area contributed by atoms with Crippen molar-refractivity contribution >= 4 is 12.1 Å². The average Bonchev–Trinajstić information content (AvgIpc) is 3.00. The van der Waals surface area contributed by atoms with E-state index >= 15 is 0 Å². The molecule has 1 amide bonds. The molecule has 9 rings (SSSR count). The maximum absolute atomic E-state index is 13.3. The standard InChI is InChI=1S/C36H43NO5/c38-33(35-19-25-14-26(20-35)16-27(15-25)21-35)42-23-41-29-10-9-28-17-32-30-8-4-5-11-36(30,31(28)18-29)12-13-37(32)34(39)40-22-24-6-2-1-3-7-24/h1-3,6-7,9-10,18,25-27,30,32H,4-5,8,11-17,19-23H2/t25?,26?,27?,30-,32+,35?,36-/m1/s1. The van der Waals surface area contributed by atoms with E-state index in [1.165, 1.54) is 43.2 Å². The van der Waals surface area contributed by atoms with Crippen LogP contribution in [-0.2, 0) is 32.7 Å². The molecule has 2 aromatic carbocycles. The van der Waals surface area contributed by atoms with Crippen LogP contribution in [-0.4, -0.2) is 36.3 Å². The van der Waals surface area contributed by atoms with Crippen molar-refractivity contribution in [3.63, 3.8) is 0 Å². The van der Waals surface area contributed by atoms with Crippen molar-refractivity contribution in [2.45, 2.75) is 95.1 Å². The fourth-order valence-electron chi connectivity index (χ4n) is 10.8. The second-order valence-electron chi connectivity index (χ2n) is 14.5. The van der Waals surface area contributed by atoms with E-state index in [-0.39, 0.29) is 35.7 Å². The number of nitrogens with zero attached hydrogens (tertiary/aromatic N) is 1. The van der Waals surface area contributed by atoms with Gasteiger partial charge in [0, 0.05) is 18.0 Å². The molecular formula is C36H43NO5. The predicted octanol–water partition coefficient (Wildman–Crippen LogP) is 7.18. The van der Waals surface area contributed by atoms with E-state index in [0.29, 0.717) is 30.3 Å². The van der Waals surface area contributed by atoms with Crippen LogP contribution >= 0.6 is 0 Å². The van der Waals surface area contributed by atoms with Crippen molar-refractivity contribution in [2.24, 2.45) is 29.1 Å². The first-order valence-electron chi connectivity index (χ1n) is 16.4. The summed E-state index contributed by atoms with van der Waals surface area (Å²) >= 11 is 0. The summed E-state index contributed by atoms with van der Waals surface area (Å²) in [6, 6.07) is 16.5. The van der Waals surface area contributed by atoms with Crippen molar-refractivity contribution in [1.29, 1.82) is 0 Å². The normalized spacial score (nSPS) is 35.6.